The first-order valence-electron chi connectivity index (χ1n) is 4.53. The van der Waals surface area contributed by atoms with Gasteiger partial charge in [0, 0.05) is 18.6 Å². The lowest BCUT2D eigenvalue weighted by atomic mass is 10.0. The fourth-order valence-electron chi connectivity index (χ4n) is 1.43. The van der Waals surface area contributed by atoms with E-state index in [0.29, 0.717) is 0 Å². The van der Waals surface area contributed by atoms with Crippen molar-refractivity contribution in [3.8, 4) is 0 Å². The second-order valence-corrected chi connectivity index (χ2v) is 4.26. The molecule has 0 aromatic carbocycles. The predicted octanol–water partition coefficient (Wildman–Crippen LogP) is 1.67. The van der Waals surface area contributed by atoms with Gasteiger partial charge in [-0.25, -0.2) is 0 Å². The highest BCUT2D eigenvalue weighted by molar-refractivity contribution is 4.89. The molecule has 1 unspecified atom stereocenters. The smallest absolute Gasteiger partial charge is 0.0880 e. The summed E-state index contributed by atoms with van der Waals surface area (Å²) in [4.78, 5) is 2.43. The van der Waals surface area contributed by atoms with Crippen LogP contribution in [0.1, 0.15) is 20.8 Å². The highest BCUT2D eigenvalue weighted by Crippen LogP contribution is 2.17. The fraction of sp³-hybridized carbons (Fsp3) is 0.800. The Bertz CT molecular complexity index is 160. The molecule has 0 aromatic heterocycles. The summed E-state index contributed by atoms with van der Waals surface area (Å²) in [6.07, 6.45) is 2.11. The average molecular weight is 169 g/mol. The molecule has 0 amide bonds. The topological polar surface area (TPSA) is 12.5 Å². The van der Waals surface area contributed by atoms with Gasteiger partial charge in [-0.2, -0.15) is 0 Å². The van der Waals surface area contributed by atoms with Crippen LogP contribution in [0.15, 0.2) is 12.7 Å². The number of hydrogen-bond acceptors (Lipinski definition) is 2. The maximum absolute atomic E-state index is 5.49. The SMILES string of the molecule is C=CC1CN(C(C)(C)C)CCO1. The van der Waals surface area contributed by atoms with Crippen molar-refractivity contribution in [3.63, 3.8) is 0 Å². The van der Waals surface area contributed by atoms with E-state index in [1.807, 2.05) is 6.08 Å². The van der Waals surface area contributed by atoms with Crippen LogP contribution in [0.2, 0.25) is 0 Å². The van der Waals surface area contributed by atoms with Gasteiger partial charge in [0.2, 0.25) is 0 Å². The van der Waals surface area contributed by atoms with E-state index in [9.17, 15) is 0 Å². The Morgan fingerprint density at radius 1 is 1.50 bits per heavy atom. The van der Waals surface area contributed by atoms with Crippen molar-refractivity contribution in [3.05, 3.63) is 12.7 Å². The van der Waals surface area contributed by atoms with E-state index in [1.54, 1.807) is 0 Å². The van der Waals surface area contributed by atoms with Gasteiger partial charge >= 0.3 is 0 Å². The first-order valence-corrected chi connectivity index (χ1v) is 4.53. The van der Waals surface area contributed by atoms with Crippen LogP contribution in [0.25, 0.3) is 0 Å². The van der Waals surface area contributed by atoms with Crippen molar-refractivity contribution >= 4 is 0 Å². The highest BCUT2D eigenvalue weighted by Gasteiger charge is 2.26. The van der Waals surface area contributed by atoms with Crippen molar-refractivity contribution in [1.29, 1.82) is 0 Å². The molecule has 70 valence electrons. The van der Waals surface area contributed by atoms with Crippen LogP contribution in [0.3, 0.4) is 0 Å². The highest BCUT2D eigenvalue weighted by atomic mass is 16.5. The third-order valence-corrected chi connectivity index (χ3v) is 2.31. The second-order valence-electron chi connectivity index (χ2n) is 4.26. The van der Waals surface area contributed by atoms with Crippen LogP contribution in [-0.2, 0) is 4.74 Å². The van der Waals surface area contributed by atoms with Gasteiger partial charge in [0.1, 0.15) is 0 Å². The number of morpholine rings is 1. The molecule has 1 saturated heterocycles. The normalized spacial score (nSPS) is 27.1. The molecule has 1 fully saturated rings. The van der Waals surface area contributed by atoms with Crippen LogP contribution in [-0.4, -0.2) is 36.2 Å². The molecule has 0 N–H and O–H groups in total. The van der Waals surface area contributed by atoms with E-state index < -0.39 is 0 Å². The largest absolute Gasteiger partial charge is 0.371 e. The van der Waals surface area contributed by atoms with E-state index in [2.05, 4.69) is 32.3 Å². The van der Waals surface area contributed by atoms with Crippen LogP contribution in [0.4, 0.5) is 0 Å². The van der Waals surface area contributed by atoms with Crippen molar-refractivity contribution in [1.82, 2.24) is 4.90 Å². The van der Waals surface area contributed by atoms with Crippen molar-refractivity contribution < 1.29 is 4.74 Å². The average Bonchev–Trinajstić information content (AvgIpc) is 2.03. The minimum absolute atomic E-state index is 0.220. The second kappa shape index (κ2) is 3.58. The van der Waals surface area contributed by atoms with E-state index in [4.69, 9.17) is 4.74 Å². The maximum Gasteiger partial charge on any atom is 0.0880 e. The van der Waals surface area contributed by atoms with Gasteiger partial charge in [-0.1, -0.05) is 6.08 Å². The van der Waals surface area contributed by atoms with Crippen LogP contribution < -0.4 is 0 Å². The molecule has 0 spiro atoms. The lowest BCUT2D eigenvalue weighted by Gasteiger charge is -2.40. The summed E-state index contributed by atoms with van der Waals surface area (Å²) in [5, 5.41) is 0. The lowest BCUT2D eigenvalue weighted by molar-refractivity contribution is -0.0370. The van der Waals surface area contributed by atoms with Gasteiger partial charge in [0.05, 0.1) is 12.7 Å². The molecule has 12 heavy (non-hydrogen) atoms. The molecule has 0 aromatic rings. The third kappa shape index (κ3) is 2.32. The quantitative estimate of drug-likeness (QED) is 0.554. The Morgan fingerprint density at radius 2 is 2.17 bits per heavy atom. The number of ether oxygens (including phenoxy) is 1. The van der Waals surface area contributed by atoms with Crippen molar-refractivity contribution in [2.24, 2.45) is 0 Å². The van der Waals surface area contributed by atoms with Crippen LogP contribution >= 0.6 is 0 Å². The molecule has 1 heterocycles. The number of rotatable bonds is 1. The molecule has 1 aliphatic heterocycles. The fourth-order valence-corrected chi connectivity index (χ4v) is 1.43. The number of hydrogen-bond donors (Lipinski definition) is 0. The van der Waals surface area contributed by atoms with Crippen molar-refractivity contribution in [2.45, 2.75) is 32.4 Å². The number of nitrogens with zero attached hydrogens (tertiary/aromatic N) is 1. The van der Waals surface area contributed by atoms with Crippen LogP contribution in [0.5, 0.6) is 0 Å². The molecule has 0 saturated carbocycles. The first-order chi connectivity index (χ1) is 5.54. The zero-order chi connectivity index (χ0) is 9.19. The summed E-state index contributed by atoms with van der Waals surface area (Å²) in [6, 6.07) is 0. The minimum atomic E-state index is 0.220. The third-order valence-electron chi connectivity index (χ3n) is 2.31. The predicted molar refractivity (Wildman–Crippen MR) is 51.3 cm³/mol. The zero-order valence-corrected chi connectivity index (χ0v) is 8.34. The van der Waals surface area contributed by atoms with E-state index in [1.165, 1.54) is 0 Å². The van der Waals surface area contributed by atoms with Gasteiger partial charge in [-0.3, -0.25) is 4.90 Å². The Kier molecular flexibility index (Phi) is 2.91. The summed E-state index contributed by atoms with van der Waals surface area (Å²) in [5.74, 6) is 0. The monoisotopic (exact) mass is 169 g/mol. The van der Waals surface area contributed by atoms with E-state index in [-0.39, 0.29) is 11.6 Å². The maximum atomic E-state index is 5.49. The molecule has 1 aliphatic rings. The summed E-state index contributed by atoms with van der Waals surface area (Å²) in [5.41, 5.74) is 0.255. The molecule has 2 heteroatoms. The molecule has 0 bridgehead atoms. The van der Waals surface area contributed by atoms with Crippen LogP contribution in [0, 0.1) is 0 Å². The van der Waals surface area contributed by atoms with Crippen molar-refractivity contribution in [2.75, 3.05) is 19.7 Å². The van der Waals surface area contributed by atoms with Gasteiger partial charge in [-0.15, -0.1) is 6.58 Å². The first kappa shape index (κ1) is 9.75. The molecule has 2 nitrogen and oxygen atoms in total. The zero-order valence-electron chi connectivity index (χ0n) is 8.34. The Labute approximate surface area is 75.2 Å². The summed E-state index contributed by atoms with van der Waals surface area (Å²) in [7, 11) is 0. The Morgan fingerprint density at radius 3 is 2.67 bits per heavy atom. The summed E-state index contributed by atoms with van der Waals surface area (Å²) >= 11 is 0. The Balaban J connectivity index is 2.51. The molecule has 1 atom stereocenters. The van der Waals surface area contributed by atoms with E-state index in [0.717, 1.165) is 19.7 Å². The molecule has 1 rings (SSSR count). The molecule has 0 radical (unpaired) electrons. The minimum Gasteiger partial charge on any atom is -0.371 e. The molecular weight excluding hydrogens is 150 g/mol. The summed E-state index contributed by atoms with van der Waals surface area (Å²) in [6.45, 7) is 13.3. The standard InChI is InChI=1S/C10H19NO/c1-5-9-8-11(6-7-12-9)10(2,3)4/h5,9H,1,6-8H2,2-4H3. The van der Waals surface area contributed by atoms with Gasteiger partial charge in [0.25, 0.3) is 0 Å². The van der Waals surface area contributed by atoms with Gasteiger partial charge in [-0.05, 0) is 20.8 Å². The van der Waals surface area contributed by atoms with E-state index >= 15 is 0 Å². The summed E-state index contributed by atoms with van der Waals surface area (Å²) < 4.78 is 5.49. The van der Waals surface area contributed by atoms with Gasteiger partial charge in [0.15, 0.2) is 0 Å². The molecular formula is C10H19NO. The lowest BCUT2D eigenvalue weighted by Crippen LogP contribution is -2.50. The molecule has 0 aliphatic carbocycles. The van der Waals surface area contributed by atoms with Gasteiger partial charge < -0.3 is 4.74 Å². The Hall–Kier alpha value is -0.340.